The molecule has 5 rings (SSSR count). The molecular weight excluding hydrogens is 412 g/mol. The molecule has 2 aromatic carbocycles. The molecular formula is C22H20N6O2S. The highest BCUT2D eigenvalue weighted by molar-refractivity contribution is 7.22. The molecule has 0 aliphatic carbocycles. The van der Waals surface area contributed by atoms with Gasteiger partial charge in [-0.25, -0.2) is 9.67 Å². The van der Waals surface area contributed by atoms with Crippen LogP contribution >= 0.6 is 11.3 Å². The zero-order valence-electron chi connectivity index (χ0n) is 16.6. The number of anilines is 1. The lowest BCUT2D eigenvalue weighted by Gasteiger charge is -2.22. The van der Waals surface area contributed by atoms with E-state index in [0.717, 1.165) is 22.2 Å². The van der Waals surface area contributed by atoms with Gasteiger partial charge in [-0.2, -0.15) is 0 Å². The normalized spacial score (nSPS) is 16.0. The molecule has 9 heteroatoms. The van der Waals surface area contributed by atoms with Crippen LogP contribution in [-0.4, -0.2) is 49.3 Å². The Labute approximate surface area is 182 Å². The predicted octanol–water partition coefficient (Wildman–Crippen LogP) is 3.18. The molecule has 4 aromatic rings. The summed E-state index contributed by atoms with van der Waals surface area (Å²) in [5, 5.41) is 11.5. The van der Waals surface area contributed by atoms with Crippen LogP contribution in [0.25, 0.3) is 10.2 Å². The maximum absolute atomic E-state index is 13.0. The van der Waals surface area contributed by atoms with E-state index < -0.39 is 6.04 Å². The fourth-order valence-electron chi connectivity index (χ4n) is 3.79. The van der Waals surface area contributed by atoms with Gasteiger partial charge in [-0.3, -0.25) is 9.59 Å². The molecule has 3 heterocycles. The van der Waals surface area contributed by atoms with Gasteiger partial charge in [0.15, 0.2) is 10.8 Å². The van der Waals surface area contributed by atoms with Gasteiger partial charge in [-0.05, 0) is 30.5 Å². The van der Waals surface area contributed by atoms with Crippen molar-refractivity contribution in [2.45, 2.75) is 25.4 Å². The quantitative estimate of drug-likeness (QED) is 0.523. The first-order chi connectivity index (χ1) is 15.2. The van der Waals surface area contributed by atoms with E-state index in [2.05, 4.69) is 20.6 Å². The Morgan fingerprint density at radius 1 is 1.10 bits per heavy atom. The highest BCUT2D eigenvalue weighted by Crippen LogP contribution is 2.27. The van der Waals surface area contributed by atoms with Crippen molar-refractivity contribution in [1.82, 2.24) is 24.9 Å². The van der Waals surface area contributed by atoms with Gasteiger partial charge in [-0.15, -0.1) is 5.10 Å². The van der Waals surface area contributed by atoms with Crippen molar-refractivity contribution < 1.29 is 9.59 Å². The summed E-state index contributed by atoms with van der Waals surface area (Å²) < 4.78 is 2.64. The van der Waals surface area contributed by atoms with Crippen molar-refractivity contribution >= 4 is 38.5 Å². The number of carbonyl (C=O) groups is 2. The second kappa shape index (κ2) is 8.27. The predicted molar refractivity (Wildman–Crippen MR) is 118 cm³/mol. The minimum atomic E-state index is -0.543. The Morgan fingerprint density at radius 2 is 1.90 bits per heavy atom. The van der Waals surface area contributed by atoms with Crippen LogP contribution in [0.4, 0.5) is 5.13 Å². The summed E-state index contributed by atoms with van der Waals surface area (Å²) in [6, 6.07) is 17.0. The van der Waals surface area contributed by atoms with Crippen LogP contribution in [0.2, 0.25) is 0 Å². The van der Waals surface area contributed by atoms with E-state index in [1.165, 1.54) is 11.3 Å². The number of likely N-dealkylation sites (tertiary alicyclic amines) is 1. The monoisotopic (exact) mass is 432 g/mol. The molecule has 2 amide bonds. The average molecular weight is 433 g/mol. The molecule has 8 nitrogen and oxygen atoms in total. The summed E-state index contributed by atoms with van der Waals surface area (Å²) in [5.74, 6) is -0.497. The van der Waals surface area contributed by atoms with E-state index in [1.807, 2.05) is 54.6 Å². The highest BCUT2D eigenvalue weighted by atomic mass is 32.1. The molecule has 1 fully saturated rings. The average Bonchev–Trinajstić information content (AvgIpc) is 3.53. The van der Waals surface area contributed by atoms with E-state index in [4.69, 9.17) is 0 Å². The van der Waals surface area contributed by atoms with Crippen molar-refractivity contribution in [1.29, 1.82) is 0 Å². The molecule has 31 heavy (non-hydrogen) atoms. The van der Waals surface area contributed by atoms with Crippen LogP contribution < -0.4 is 5.32 Å². The number of fused-ring (bicyclic) bond motifs is 1. The van der Waals surface area contributed by atoms with Gasteiger partial charge < -0.3 is 10.2 Å². The minimum Gasteiger partial charge on any atom is -0.325 e. The fraction of sp³-hybridized carbons (Fsp3) is 0.227. The van der Waals surface area contributed by atoms with Gasteiger partial charge in [0.1, 0.15) is 6.04 Å². The van der Waals surface area contributed by atoms with E-state index in [-0.39, 0.29) is 17.5 Å². The lowest BCUT2D eigenvalue weighted by atomic mass is 10.2. The third-order valence-corrected chi connectivity index (χ3v) is 6.24. The maximum Gasteiger partial charge on any atom is 0.276 e. The van der Waals surface area contributed by atoms with Gasteiger partial charge in [0.2, 0.25) is 5.91 Å². The smallest absolute Gasteiger partial charge is 0.276 e. The molecule has 1 aliphatic heterocycles. The molecule has 1 atom stereocenters. The van der Waals surface area contributed by atoms with E-state index in [9.17, 15) is 9.59 Å². The summed E-state index contributed by atoms with van der Waals surface area (Å²) in [6.45, 7) is 1.05. The van der Waals surface area contributed by atoms with Crippen molar-refractivity contribution in [3.8, 4) is 0 Å². The number of nitrogens with one attached hydrogen (secondary N) is 1. The number of hydrogen-bond acceptors (Lipinski definition) is 6. The van der Waals surface area contributed by atoms with E-state index in [0.29, 0.717) is 24.6 Å². The highest BCUT2D eigenvalue weighted by Gasteiger charge is 2.36. The molecule has 0 saturated carbocycles. The Balaban J connectivity index is 1.28. The molecule has 2 aromatic heterocycles. The Morgan fingerprint density at radius 3 is 2.74 bits per heavy atom. The second-order valence-electron chi connectivity index (χ2n) is 7.42. The first kappa shape index (κ1) is 19.4. The number of para-hydroxylation sites is 1. The Hall–Kier alpha value is -3.59. The molecule has 1 N–H and O–H groups in total. The molecule has 1 unspecified atom stereocenters. The van der Waals surface area contributed by atoms with Gasteiger partial charge in [-0.1, -0.05) is 59.0 Å². The number of benzene rings is 2. The first-order valence-electron chi connectivity index (χ1n) is 10.1. The SMILES string of the molecule is O=C(Nc1nc2ccccc2s1)C1CCCN1C(=O)c1cn(Cc2ccccc2)nn1. The molecule has 1 saturated heterocycles. The largest absolute Gasteiger partial charge is 0.325 e. The Bertz CT molecular complexity index is 1200. The van der Waals surface area contributed by atoms with Crippen LogP contribution in [0.15, 0.2) is 60.8 Å². The third-order valence-electron chi connectivity index (χ3n) is 5.29. The van der Waals surface area contributed by atoms with Gasteiger partial charge >= 0.3 is 0 Å². The number of rotatable bonds is 5. The van der Waals surface area contributed by atoms with Gasteiger partial charge in [0.25, 0.3) is 5.91 Å². The van der Waals surface area contributed by atoms with Crippen molar-refractivity contribution in [3.63, 3.8) is 0 Å². The number of nitrogens with zero attached hydrogens (tertiary/aromatic N) is 5. The summed E-state index contributed by atoms with van der Waals surface area (Å²) >= 11 is 1.42. The Kier molecular flexibility index (Phi) is 5.17. The number of carbonyl (C=O) groups excluding carboxylic acids is 2. The minimum absolute atomic E-state index is 0.221. The number of aromatic nitrogens is 4. The van der Waals surface area contributed by atoms with Crippen LogP contribution in [0.1, 0.15) is 28.9 Å². The van der Waals surface area contributed by atoms with E-state index >= 15 is 0 Å². The van der Waals surface area contributed by atoms with Crippen LogP contribution in [0, 0.1) is 0 Å². The molecule has 0 spiro atoms. The summed E-state index contributed by atoms with van der Waals surface area (Å²) in [7, 11) is 0. The van der Waals surface area contributed by atoms with Crippen LogP contribution in [-0.2, 0) is 11.3 Å². The topological polar surface area (TPSA) is 93.0 Å². The fourth-order valence-corrected chi connectivity index (χ4v) is 4.66. The van der Waals surface area contributed by atoms with E-state index in [1.54, 1.807) is 15.8 Å². The molecule has 0 bridgehead atoms. The number of thiazole rings is 1. The number of hydrogen-bond donors (Lipinski definition) is 1. The molecule has 1 aliphatic rings. The number of amides is 2. The van der Waals surface area contributed by atoms with Gasteiger partial charge in [0.05, 0.1) is 23.0 Å². The van der Waals surface area contributed by atoms with Crippen LogP contribution in [0.5, 0.6) is 0 Å². The summed E-state index contributed by atoms with van der Waals surface area (Å²) in [4.78, 5) is 32.0. The van der Waals surface area contributed by atoms with Crippen molar-refractivity contribution in [3.05, 3.63) is 72.1 Å². The maximum atomic E-state index is 13.0. The standard InChI is InChI=1S/C22H20N6O2S/c29-20(24-22-23-16-9-4-5-11-19(16)31-22)18-10-6-12-28(18)21(30)17-14-27(26-25-17)13-15-7-2-1-3-8-15/h1-5,7-9,11,14,18H,6,10,12-13H2,(H,23,24,29). The molecule has 156 valence electrons. The third kappa shape index (κ3) is 4.04. The van der Waals surface area contributed by atoms with Crippen molar-refractivity contribution in [2.24, 2.45) is 0 Å². The molecule has 0 radical (unpaired) electrons. The van der Waals surface area contributed by atoms with Gasteiger partial charge in [0, 0.05) is 6.54 Å². The first-order valence-corrected chi connectivity index (χ1v) is 10.9. The zero-order valence-corrected chi connectivity index (χ0v) is 17.5. The lowest BCUT2D eigenvalue weighted by molar-refractivity contribution is -0.119. The summed E-state index contributed by atoms with van der Waals surface area (Å²) in [5.41, 5.74) is 2.16. The zero-order chi connectivity index (χ0) is 21.2. The lowest BCUT2D eigenvalue weighted by Crippen LogP contribution is -2.43. The summed E-state index contributed by atoms with van der Waals surface area (Å²) in [6.07, 6.45) is 3.01. The second-order valence-corrected chi connectivity index (χ2v) is 8.45. The van der Waals surface area contributed by atoms with Crippen LogP contribution in [0.3, 0.4) is 0 Å². The van der Waals surface area contributed by atoms with Crippen molar-refractivity contribution in [2.75, 3.05) is 11.9 Å².